The molecular formula is C32H31Cl4N3O2. The minimum atomic E-state index is -0.237. The number of piperazine rings is 1. The number of anilines is 2. The number of hydrogen-bond donors (Lipinski definition) is 1. The topological polar surface area (TPSA) is 52.7 Å². The molecule has 5 nitrogen and oxygen atoms in total. The average Bonchev–Trinajstić information content (AvgIpc) is 2.99. The number of para-hydroxylation sites is 1. The van der Waals surface area contributed by atoms with Crippen LogP contribution in [0.25, 0.3) is 0 Å². The molecule has 0 bridgehead atoms. The van der Waals surface area contributed by atoms with E-state index in [2.05, 4.69) is 10.2 Å². The van der Waals surface area contributed by atoms with Crippen LogP contribution in [0.4, 0.5) is 16.2 Å². The molecular weight excluding hydrogens is 600 g/mol. The number of hydrogen-bond acceptors (Lipinski definition) is 3. The van der Waals surface area contributed by atoms with Crippen LogP contribution in [-0.4, -0.2) is 42.9 Å². The quantitative estimate of drug-likeness (QED) is 0.189. The average molecular weight is 631 g/mol. The number of nitrogens with zero attached hydrogens (tertiary/aromatic N) is 2. The molecule has 0 aromatic heterocycles. The molecule has 1 atom stereocenters. The van der Waals surface area contributed by atoms with Crippen molar-refractivity contribution in [2.75, 3.05) is 36.4 Å². The number of benzene rings is 3. The molecule has 41 heavy (non-hydrogen) atoms. The van der Waals surface area contributed by atoms with Gasteiger partial charge in [-0.05, 0) is 79.4 Å². The lowest BCUT2D eigenvalue weighted by atomic mass is 9.89. The van der Waals surface area contributed by atoms with Crippen molar-refractivity contribution < 1.29 is 9.59 Å². The zero-order chi connectivity index (χ0) is 29.4. The minimum absolute atomic E-state index is 0.00288. The molecule has 0 spiro atoms. The number of amides is 2. The smallest absolute Gasteiger partial charge is 0.322 e. The summed E-state index contributed by atoms with van der Waals surface area (Å²) in [5.74, 6) is 0.0682. The third-order valence-electron chi connectivity index (χ3n) is 7.06. The van der Waals surface area contributed by atoms with Crippen LogP contribution in [-0.2, 0) is 0 Å². The van der Waals surface area contributed by atoms with Gasteiger partial charge in [0.1, 0.15) is 0 Å². The highest BCUT2D eigenvalue weighted by molar-refractivity contribution is 6.39. The normalized spacial score (nSPS) is 14.8. The fourth-order valence-electron chi connectivity index (χ4n) is 4.68. The molecule has 0 radical (unpaired) electrons. The fraction of sp³-hybridized carbons (Fsp3) is 0.250. The van der Waals surface area contributed by atoms with Crippen LogP contribution in [0.15, 0.2) is 90.0 Å². The van der Waals surface area contributed by atoms with E-state index in [-0.39, 0.29) is 17.7 Å². The summed E-state index contributed by atoms with van der Waals surface area (Å²) < 4.78 is 0. The molecule has 3 aromatic carbocycles. The van der Waals surface area contributed by atoms with Crippen LogP contribution in [0.3, 0.4) is 0 Å². The van der Waals surface area contributed by atoms with Crippen LogP contribution >= 0.6 is 46.4 Å². The lowest BCUT2D eigenvalue weighted by molar-refractivity contribution is 0.0973. The van der Waals surface area contributed by atoms with E-state index in [1.54, 1.807) is 23.1 Å². The molecule has 1 unspecified atom stereocenters. The predicted molar refractivity (Wildman–Crippen MR) is 172 cm³/mol. The van der Waals surface area contributed by atoms with Gasteiger partial charge in [0, 0.05) is 53.9 Å². The van der Waals surface area contributed by atoms with E-state index in [4.69, 9.17) is 46.4 Å². The highest BCUT2D eigenvalue weighted by Crippen LogP contribution is 2.31. The Morgan fingerprint density at radius 3 is 2.15 bits per heavy atom. The molecule has 1 aliphatic heterocycles. The number of ketones is 1. The number of carbonyl (C=O) groups excluding carboxylic acids is 2. The summed E-state index contributed by atoms with van der Waals surface area (Å²) in [5, 5.41) is 4.93. The van der Waals surface area contributed by atoms with Crippen molar-refractivity contribution in [3.63, 3.8) is 0 Å². The lowest BCUT2D eigenvalue weighted by Crippen LogP contribution is -2.50. The fourth-order valence-corrected chi connectivity index (χ4v) is 5.39. The van der Waals surface area contributed by atoms with Crippen LogP contribution in [0, 0.1) is 0 Å². The van der Waals surface area contributed by atoms with E-state index in [1.807, 2.05) is 73.7 Å². The molecule has 1 aliphatic rings. The van der Waals surface area contributed by atoms with Crippen LogP contribution in [0.2, 0.25) is 15.1 Å². The Morgan fingerprint density at radius 2 is 1.54 bits per heavy atom. The maximum Gasteiger partial charge on any atom is 0.322 e. The van der Waals surface area contributed by atoms with Gasteiger partial charge in [-0.2, -0.15) is 0 Å². The summed E-state index contributed by atoms with van der Waals surface area (Å²) in [7, 11) is 0. The second-order valence-corrected chi connectivity index (χ2v) is 11.4. The molecule has 1 N–H and O–H groups in total. The molecule has 2 amide bonds. The predicted octanol–water partition coefficient (Wildman–Crippen LogP) is 9.45. The second-order valence-electron chi connectivity index (χ2n) is 9.74. The first kappa shape index (κ1) is 31.0. The van der Waals surface area contributed by atoms with Crippen molar-refractivity contribution in [1.29, 1.82) is 0 Å². The van der Waals surface area contributed by atoms with Gasteiger partial charge >= 0.3 is 6.03 Å². The van der Waals surface area contributed by atoms with E-state index in [0.717, 1.165) is 11.3 Å². The van der Waals surface area contributed by atoms with Gasteiger partial charge in [-0.15, -0.1) is 0 Å². The van der Waals surface area contributed by atoms with Crippen molar-refractivity contribution in [2.24, 2.45) is 0 Å². The molecule has 1 saturated heterocycles. The number of allylic oxidation sites excluding steroid dienone is 4. The summed E-state index contributed by atoms with van der Waals surface area (Å²) >= 11 is 24.6. The number of carbonyl (C=O) groups is 2. The van der Waals surface area contributed by atoms with E-state index < -0.39 is 0 Å². The molecule has 1 fully saturated rings. The van der Waals surface area contributed by atoms with Gasteiger partial charge in [0.15, 0.2) is 5.78 Å². The zero-order valence-corrected chi connectivity index (χ0v) is 25.6. The molecule has 0 saturated carbocycles. The highest BCUT2D eigenvalue weighted by Gasteiger charge is 2.23. The van der Waals surface area contributed by atoms with Gasteiger partial charge in [-0.3, -0.25) is 4.79 Å². The van der Waals surface area contributed by atoms with Crippen LogP contribution < -0.4 is 10.2 Å². The van der Waals surface area contributed by atoms with Gasteiger partial charge in [-0.1, -0.05) is 76.8 Å². The summed E-state index contributed by atoms with van der Waals surface area (Å²) in [6.45, 7) is 4.30. The SMILES string of the molecule is C/C=C(Cl)\C=C/CC(CC(=O)c1ccc(N2CCN(C(=O)Nc3c(Cl)cccc3Cl)CC2)cc1)c1ccc(Cl)cc1. The standard InChI is InChI=1S/C32H31Cl4N3O2/c1-2-25(33)6-3-5-24(22-9-13-26(34)14-10-22)21-30(40)23-11-15-27(16-12-23)38-17-19-39(20-18-38)32(41)37-31-28(35)7-4-8-29(31)36/h2-4,6-16,24H,5,17-21H2,1H3,(H,37,41)/b6-3-,25-2+. The van der Waals surface area contributed by atoms with Gasteiger partial charge in [0.05, 0.1) is 15.7 Å². The molecule has 214 valence electrons. The lowest BCUT2D eigenvalue weighted by Gasteiger charge is -2.36. The molecule has 0 aliphatic carbocycles. The van der Waals surface area contributed by atoms with Crippen molar-refractivity contribution in [3.8, 4) is 0 Å². The first-order chi connectivity index (χ1) is 19.7. The Labute approximate surface area is 261 Å². The summed E-state index contributed by atoms with van der Waals surface area (Å²) in [4.78, 5) is 30.0. The first-order valence-electron chi connectivity index (χ1n) is 13.4. The number of halogens is 4. The molecule has 9 heteroatoms. The van der Waals surface area contributed by atoms with Crippen LogP contribution in [0.1, 0.15) is 41.6 Å². The van der Waals surface area contributed by atoms with Gasteiger partial charge in [0.25, 0.3) is 0 Å². The number of Topliss-reactive ketones (excluding diaryl/α,β-unsaturated/α-hetero) is 1. The van der Waals surface area contributed by atoms with E-state index in [1.165, 1.54) is 0 Å². The zero-order valence-electron chi connectivity index (χ0n) is 22.6. The third kappa shape index (κ3) is 8.52. The number of rotatable bonds is 9. The molecule has 4 rings (SSSR count). The van der Waals surface area contributed by atoms with Crippen molar-refractivity contribution in [3.05, 3.63) is 116 Å². The largest absolute Gasteiger partial charge is 0.368 e. The van der Waals surface area contributed by atoms with Gasteiger partial charge < -0.3 is 15.1 Å². The Morgan fingerprint density at radius 1 is 0.902 bits per heavy atom. The Bertz CT molecular complexity index is 1390. The summed E-state index contributed by atoms with van der Waals surface area (Å²) in [6.07, 6.45) is 6.73. The maximum absolute atomic E-state index is 13.3. The van der Waals surface area contributed by atoms with Gasteiger partial charge in [0.2, 0.25) is 0 Å². The molecule has 3 aromatic rings. The monoisotopic (exact) mass is 629 g/mol. The number of urea groups is 1. The van der Waals surface area contributed by atoms with E-state index in [0.29, 0.717) is 70.4 Å². The molecule has 1 heterocycles. The van der Waals surface area contributed by atoms with Crippen molar-refractivity contribution in [1.82, 2.24) is 4.90 Å². The van der Waals surface area contributed by atoms with Gasteiger partial charge in [-0.25, -0.2) is 4.79 Å². The van der Waals surface area contributed by atoms with E-state index in [9.17, 15) is 9.59 Å². The highest BCUT2D eigenvalue weighted by atomic mass is 35.5. The first-order valence-corrected chi connectivity index (χ1v) is 14.9. The summed E-state index contributed by atoms with van der Waals surface area (Å²) in [5.41, 5.74) is 3.14. The maximum atomic E-state index is 13.3. The minimum Gasteiger partial charge on any atom is -0.368 e. The Hall–Kier alpha value is -2.96. The second kappa shape index (κ2) is 14.8. The Balaban J connectivity index is 1.35. The van der Waals surface area contributed by atoms with E-state index >= 15 is 0 Å². The van der Waals surface area contributed by atoms with Crippen molar-refractivity contribution >= 4 is 69.6 Å². The number of nitrogens with one attached hydrogen (secondary N) is 1. The summed E-state index contributed by atoms with van der Waals surface area (Å²) in [6, 6.07) is 20.2. The van der Waals surface area contributed by atoms with Crippen LogP contribution in [0.5, 0.6) is 0 Å². The third-order valence-corrected chi connectivity index (χ3v) is 8.29. The van der Waals surface area contributed by atoms with Crippen molar-refractivity contribution in [2.45, 2.75) is 25.7 Å². The Kier molecular flexibility index (Phi) is 11.2.